The smallest absolute Gasteiger partial charge is 0.133 e. The monoisotopic (exact) mass is 152 g/mol. The summed E-state index contributed by atoms with van der Waals surface area (Å²) in [7, 11) is 0. The summed E-state index contributed by atoms with van der Waals surface area (Å²) in [5.41, 5.74) is 0. The summed E-state index contributed by atoms with van der Waals surface area (Å²) in [4.78, 5) is 11.2. The van der Waals surface area contributed by atoms with Crippen LogP contribution in [0.15, 0.2) is 12.7 Å². The highest BCUT2D eigenvalue weighted by Gasteiger charge is 2.19. The van der Waals surface area contributed by atoms with Gasteiger partial charge in [-0.15, -0.1) is 6.58 Å². The van der Waals surface area contributed by atoms with Gasteiger partial charge in [-0.05, 0) is 12.3 Å². The highest BCUT2D eigenvalue weighted by Crippen LogP contribution is 2.29. The average Bonchev–Trinajstić information content (AvgIpc) is 1.93. The Morgan fingerprint density at radius 2 is 2.27 bits per heavy atom. The zero-order valence-corrected chi connectivity index (χ0v) is 7.01. The third-order valence-corrected chi connectivity index (χ3v) is 2.37. The first-order valence-electron chi connectivity index (χ1n) is 4.45. The minimum absolute atomic E-state index is 0.426. The van der Waals surface area contributed by atoms with E-state index in [-0.39, 0.29) is 0 Å². The first-order chi connectivity index (χ1) is 5.33. The molecule has 0 aliphatic heterocycles. The molecule has 0 amide bonds. The van der Waals surface area contributed by atoms with Crippen molar-refractivity contribution < 1.29 is 4.79 Å². The molecule has 1 saturated carbocycles. The summed E-state index contributed by atoms with van der Waals surface area (Å²) in [5, 5.41) is 0. The van der Waals surface area contributed by atoms with Gasteiger partial charge in [0.25, 0.3) is 0 Å². The lowest BCUT2D eigenvalue weighted by molar-refractivity contribution is -0.120. The van der Waals surface area contributed by atoms with E-state index in [0.29, 0.717) is 12.2 Å². The molecule has 62 valence electrons. The van der Waals surface area contributed by atoms with Crippen molar-refractivity contribution in [1.29, 1.82) is 0 Å². The molecule has 0 N–H and O–H groups in total. The van der Waals surface area contributed by atoms with Crippen LogP contribution in [0.5, 0.6) is 0 Å². The Labute approximate surface area is 68.5 Å². The van der Waals surface area contributed by atoms with Crippen LogP contribution in [0.2, 0.25) is 0 Å². The molecule has 0 spiro atoms. The number of ketones is 1. The van der Waals surface area contributed by atoms with Gasteiger partial charge in [0, 0.05) is 12.8 Å². The van der Waals surface area contributed by atoms with Gasteiger partial charge in [0.15, 0.2) is 0 Å². The molecule has 1 aliphatic rings. The van der Waals surface area contributed by atoms with Gasteiger partial charge < -0.3 is 0 Å². The number of allylic oxidation sites excluding steroid dienone is 1. The second-order valence-electron chi connectivity index (χ2n) is 3.37. The summed E-state index contributed by atoms with van der Waals surface area (Å²) < 4.78 is 0. The summed E-state index contributed by atoms with van der Waals surface area (Å²) in [6.45, 7) is 3.59. The number of Topliss-reactive ketones (excluding diaryl/α,β-unsaturated/α-hetero) is 1. The van der Waals surface area contributed by atoms with Gasteiger partial charge in [0.2, 0.25) is 0 Å². The Morgan fingerprint density at radius 3 is 2.73 bits per heavy atom. The Kier molecular flexibility index (Phi) is 3.34. The highest BCUT2D eigenvalue weighted by molar-refractivity contribution is 5.78. The average molecular weight is 152 g/mol. The predicted octanol–water partition coefficient (Wildman–Crippen LogP) is 2.71. The van der Waals surface area contributed by atoms with Crippen LogP contribution in [0, 0.1) is 5.92 Å². The van der Waals surface area contributed by atoms with Gasteiger partial charge in [0.1, 0.15) is 5.78 Å². The molecule has 0 atom stereocenters. The van der Waals surface area contributed by atoms with E-state index in [9.17, 15) is 4.79 Å². The molecule has 0 saturated heterocycles. The zero-order valence-electron chi connectivity index (χ0n) is 7.01. The molecular formula is C10H16O. The quantitative estimate of drug-likeness (QED) is 0.553. The summed E-state index contributed by atoms with van der Waals surface area (Å²) in [6, 6.07) is 0. The van der Waals surface area contributed by atoms with Crippen molar-refractivity contribution in [2.45, 2.75) is 38.5 Å². The molecule has 0 heterocycles. The normalized spacial score (nSPS) is 17.5. The second kappa shape index (κ2) is 4.32. The fourth-order valence-corrected chi connectivity index (χ4v) is 1.38. The van der Waals surface area contributed by atoms with Crippen LogP contribution in [0.4, 0.5) is 0 Å². The van der Waals surface area contributed by atoms with Crippen molar-refractivity contribution >= 4 is 5.78 Å². The van der Waals surface area contributed by atoms with Crippen molar-refractivity contribution in [1.82, 2.24) is 0 Å². The van der Waals surface area contributed by atoms with Gasteiger partial charge in [-0.1, -0.05) is 25.3 Å². The zero-order chi connectivity index (χ0) is 8.10. The topological polar surface area (TPSA) is 17.1 Å². The first-order valence-corrected chi connectivity index (χ1v) is 4.45. The Hall–Kier alpha value is -0.590. The van der Waals surface area contributed by atoms with E-state index in [2.05, 4.69) is 6.58 Å². The number of hydrogen-bond donors (Lipinski definition) is 0. The molecule has 11 heavy (non-hydrogen) atoms. The first kappa shape index (κ1) is 8.51. The third-order valence-electron chi connectivity index (χ3n) is 2.37. The standard InChI is InChI=1S/C10H16O/c1-2-3-7-10(11)8-9-5-4-6-9/h2,9H,1,3-8H2. The van der Waals surface area contributed by atoms with Crippen LogP contribution in [0.1, 0.15) is 38.5 Å². The van der Waals surface area contributed by atoms with Gasteiger partial charge in [-0.2, -0.15) is 0 Å². The van der Waals surface area contributed by atoms with Gasteiger partial charge >= 0.3 is 0 Å². The lowest BCUT2D eigenvalue weighted by Gasteiger charge is -2.24. The maximum atomic E-state index is 11.2. The van der Waals surface area contributed by atoms with Gasteiger partial charge in [-0.3, -0.25) is 4.79 Å². The van der Waals surface area contributed by atoms with Gasteiger partial charge in [0.05, 0.1) is 0 Å². The molecule has 1 rings (SSSR count). The van der Waals surface area contributed by atoms with Crippen molar-refractivity contribution in [3.8, 4) is 0 Å². The van der Waals surface area contributed by atoms with Crippen LogP contribution in [0.3, 0.4) is 0 Å². The number of rotatable bonds is 5. The molecule has 0 aromatic heterocycles. The number of carbonyl (C=O) groups is 1. The molecule has 1 aliphatic carbocycles. The Bertz CT molecular complexity index is 145. The Balaban J connectivity index is 2.04. The van der Waals surface area contributed by atoms with Crippen molar-refractivity contribution in [2.24, 2.45) is 5.92 Å². The Morgan fingerprint density at radius 1 is 1.55 bits per heavy atom. The van der Waals surface area contributed by atoms with Crippen molar-refractivity contribution in [3.63, 3.8) is 0 Å². The molecule has 1 nitrogen and oxygen atoms in total. The molecule has 0 aromatic rings. The van der Waals surface area contributed by atoms with Crippen molar-refractivity contribution in [3.05, 3.63) is 12.7 Å². The van der Waals surface area contributed by atoms with Crippen LogP contribution in [0.25, 0.3) is 0 Å². The van der Waals surface area contributed by atoms with E-state index in [1.165, 1.54) is 19.3 Å². The maximum Gasteiger partial charge on any atom is 0.133 e. The molecule has 0 unspecified atom stereocenters. The molecule has 1 heteroatoms. The fraction of sp³-hybridized carbons (Fsp3) is 0.700. The minimum atomic E-state index is 0.426. The van der Waals surface area contributed by atoms with Crippen molar-refractivity contribution in [2.75, 3.05) is 0 Å². The maximum absolute atomic E-state index is 11.2. The largest absolute Gasteiger partial charge is 0.300 e. The van der Waals surface area contributed by atoms with E-state index in [0.717, 1.165) is 18.8 Å². The number of hydrogen-bond acceptors (Lipinski definition) is 1. The van der Waals surface area contributed by atoms with E-state index in [1.807, 2.05) is 6.08 Å². The van der Waals surface area contributed by atoms with Crippen LogP contribution in [-0.4, -0.2) is 5.78 Å². The molecule has 1 fully saturated rings. The molecule has 0 bridgehead atoms. The lowest BCUT2D eigenvalue weighted by atomic mass is 9.81. The minimum Gasteiger partial charge on any atom is -0.300 e. The van der Waals surface area contributed by atoms with Crippen LogP contribution in [-0.2, 0) is 4.79 Å². The molecular weight excluding hydrogens is 136 g/mol. The van der Waals surface area contributed by atoms with E-state index in [1.54, 1.807) is 0 Å². The van der Waals surface area contributed by atoms with E-state index >= 15 is 0 Å². The second-order valence-corrected chi connectivity index (χ2v) is 3.37. The van der Waals surface area contributed by atoms with E-state index < -0.39 is 0 Å². The summed E-state index contributed by atoms with van der Waals surface area (Å²) in [6.07, 6.45) is 8.09. The van der Waals surface area contributed by atoms with Crippen LogP contribution < -0.4 is 0 Å². The van der Waals surface area contributed by atoms with Gasteiger partial charge in [-0.25, -0.2) is 0 Å². The van der Waals surface area contributed by atoms with E-state index in [4.69, 9.17) is 0 Å². The predicted molar refractivity (Wildman–Crippen MR) is 46.4 cm³/mol. The fourth-order valence-electron chi connectivity index (χ4n) is 1.38. The SMILES string of the molecule is C=CCCC(=O)CC1CCC1. The highest BCUT2D eigenvalue weighted by atomic mass is 16.1. The summed E-state index contributed by atoms with van der Waals surface area (Å²) >= 11 is 0. The molecule has 0 radical (unpaired) electrons. The molecule has 0 aromatic carbocycles. The van der Waals surface area contributed by atoms with Crippen LogP contribution >= 0.6 is 0 Å². The lowest BCUT2D eigenvalue weighted by Crippen LogP contribution is -2.15. The summed E-state index contributed by atoms with van der Waals surface area (Å²) in [5.74, 6) is 1.15. The number of carbonyl (C=O) groups excluding carboxylic acids is 1. The third kappa shape index (κ3) is 2.87.